The van der Waals surface area contributed by atoms with Crippen molar-refractivity contribution in [2.24, 2.45) is 0 Å². The zero-order valence-corrected chi connectivity index (χ0v) is 19.5. The summed E-state index contributed by atoms with van der Waals surface area (Å²) in [7, 11) is 0. The molecule has 180 valence electrons. The van der Waals surface area contributed by atoms with Crippen LogP contribution in [-0.2, 0) is 22.7 Å². The molecule has 2 aromatic rings. The predicted octanol–water partition coefficient (Wildman–Crippen LogP) is 2.80. The number of hydrogen-bond donors (Lipinski definition) is 2. The van der Waals surface area contributed by atoms with Gasteiger partial charge in [0.2, 0.25) is 11.8 Å². The molecule has 2 aliphatic heterocycles. The van der Waals surface area contributed by atoms with Crippen molar-refractivity contribution < 1.29 is 19.1 Å². The molecule has 2 fully saturated rings. The molecule has 3 unspecified atom stereocenters. The maximum atomic E-state index is 12.9. The Bertz CT molecular complexity index is 1200. The number of amides is 3. The molecule has 8 nitrogen and oxygen atoms in total. The smallest absolute Gasteiger partial charge is 0.255 e. The Kier molecular flexibility index (Phi) is 6.51. The second kappa shape index (κ2) is 9.88. The fraction of sp³-hybridized carbons (Fsp3) is 0.407. The third-order valence-corrected chi connectivity index (χ3v) is 7.18. The van der Waals surface area contributed by atoms with Gasteiger partial charge in [0.15, 0.2) is 0 Å². The molecule has 3 aliphatic rings. The first-order valence-corrected chi connectivity index (χ1v) is 12.2. The van der Waals surface area contributed by atoms with E-state index < -0.39 is 11.9 Å². The number of carbonyl (C=O) groups excluding carboxylic acids is 3. The van der Waals surface area contributed by atoms with Crippen molar-refractivity contribution in [3.8, 4) is 11.8 Å². The highest BCUT2D eigenvalue weighted by Gasteiger charge is 2.39. The van der Waals surface area contributed by atoms with E-state index in [2.05, 4.69) is 16.7 Å². The Morgan fingerprint density at radius 2 is 1.91 bits per heavy atom. The summed E-state index contributed by atoms with van der Waals surface area (Å²) in [6.07, 6.45) is 4.70. The Balaban J connectivity index is 1.26. The summed E-state index contributed by atoms with van der Waals surface area (Å²) in [5.41, 5.74) is 3.06. The van der Waals surface area contributed by atoms with Crippen LogP contribution in [0.5, 0.6) is 5.75 Å². The van der Waals surface area contributed by atoms with Crippen LogP contribution in [0.25, 0.3) is 0 Å². The number of ether oxygens (including phenoxy) is 1. The first-order valence-electron chi connectivity index (χ1n) is 12.2. The van der Waals surface area contributed by atoms with Crippen LogP contribution in [0.15, 0.2) is 42.5 Å². The van der Waals surface area contributed by atoms with E-state index in [9.17, 15) is 19.6 Å². The summed E-state index contributed by atoms with van der Waals surface area (Å²) in [6.45, 7) is 0.933. The molecular formula is C27H28N4O4. The minimum atomic E-state index is -0.625. The number of piperidine rings is 1. The molecule has 0 radical (unpaired) electrons. The molecule has 0 spiro atoms. The van der Waals surface area contributed by atoms with Gasteiger partial charge in [0.05, 0.1) is 11.6 Å². The molecule has 8 heteroatoms. The van der Waals surface area contributed by atoms with Crippen LogP contribution in [0, 0.1) is 11.3 Å². The van der Waals surface area contributed by atoms with Crippen molar-refractivity contribution in [1.29, 1.82) is 5.26 Å². The molecule has 35 heavy (non-hydrogen) atoms. The maximum absolute atomic E-state index is 12.9. The van der Waals surface area contributed by atoms with Gasteiger partial charge in [-0.2, -0.15) is 5.26 Å². The molecule has 0 bridgehead atoms. The van der Waals surface area contributed by atoms with Gasteiger partial charge in [0.1, 0.15) is 17.9 Å². The van der Waals surface area contributed by atoms with Gasteiger partial charge in [-0.1, -0.05) is 24.6 Å². The molecule has 5 rings (SSSR count). The zero-order valence-electron chi connectivity index (χ0n) is 19.5. The van der Waals surface area contributed by atoms with Crippen molar-refractivity contribution in [1.82, 2.24) is 15.5 Å². The summed E-state index contributed by atoms with van der Waals surface area (Å²) in [4.78, 5) is 38.3. The lowest BCUT2D eigenvalue weighted by Crippen LogP contribution is -2.52. The molecule has 2 N–H and O–H groups in total. The van der Waals surface area contributed by atoms with Gasteiger partial charge in [-0.15, -0.1) is 0 Å². The highest BCUT2D eigenvalue weighted by Crippen LogP contribution is 2.32. The molecule has 3 atom stereocenters. The van der Waals surface area contributed by atoms with E-state index in [1.807, 2.05) is 36.4 Å². The van der Waals surface area contributed by atoms with E-state index in [4.69, 9.17) is 4.74 Å². The molecule has 1 saturated carbocycles. The largest absolute Gasteiger partial charge is 0.489 e. The van der Waals surface area contributed by atoms with E-state index >= 15 is 0 Å². The summed E-state index contributed by atoms with van der Waals surface area (Å²) < 4.78 is 6.41. The number of fused-ring (bicyclic) bond motifs is 1. The van der Waals surface area contributed by atoms with Gasteiger partial charge in [0, 0.05) is 31.1 Å². The minimum absolute atomic E-state index is 0.0145. The fourth-order valence-corrected chi connectivity index (χ4v) is 5.29. The lowest BCUT2D eigenvalue weighted by Gasteiger charge is -2.33. The van der Waals surface area contributed by atoms with Gasteiger partial charge in [-0.05, 0) is 61.1 Å². The van der Waals surface area contributed by atoms with E-state index in [-0.39, 0.29) is 30.4 Å². The Morgan fingerprint density at radius 3 is 2.74 bits per heavy atom. The van der Waals surface area contributed by atoms with E-state index in [1.165, 1.54) is 0 Å². The highest BCUT2D eigenvalue weighted by atomic mass is 16.5. The van der Waals surface area contributed by atoms with Crippen molar-refractivity contribution in [3.05, 3.63) is 64.7 Å². The summed E-state index contributed by atoms with van der Waals surface area (Å²) in [6, 6.07) is 14.9. The number of benzene rings is 2. The molecule has 1 saturated heterocycles. The van der Waals surface area contributed by atoms with E-state index in [0.29, 0.717) is 36.4 Å². The maximum Gasteiger partial charge on any atom is 0.255 e. The van der Waals surface area contributed by atoms with Crippen LogP contribution in [0.2, 0.25) is 0 Å². The van der Waals surface area contributed by atoms with Crippen LogP contribution >= 0.6 is 0 Å². The van der Waals surface area contributed by atoms with Crippen LogP contribution < -0.4 is 15.4 Å². The number of nitrogens with zero attached hydrogens (tertiary/aromatic N) is 2. The normalized spacial score (nSPS) is 24.0. The second-order valence-corrected chi connectivity index (χ2v) is 9.42. The molecule has 2 heterocycles. The second-order valence-electron chi connectivity index (χ2n) is 9.42. The van der Waals surface area contributed by atoms with Crippen molar-refractivity contribution >= 4 is 17.7 Å². The first-order chi connectivity index (χ1) is 17.0. The van der Waals surface area contributed by atoms with Gasteiger partial charge in [-0.3, -0.25) is 19.7 Å². The van der Waals surface area contributed by atoms with E-state index in [0.717, 1.165) is 36.8 Å². The third-order valence-electron chi connectivity index (χ3n) is 7.18. The Labute approximate surface area is 204 Å². The minimum Gasteiger partial charge on any atom is -0.489 e. The number of hydrogen-bond acceptors (Lipinski definition) is 6. The topological polar surface area (TPSA) is 112 Å². The summed E-state index contributed by atoms with van der Waals surface area (Å²) in [5.74, 6) is -0.182. The lowest BCUT2D eigenvalue weighted by molar-refractivity contribution is -0.136. The number of rotatable bonds is 6. The molecule has 3 amide bonds. The van der Waals surface area contributed by atoms with Crippen LogP contribution in [-0.4, -0.2) is 40.8 Å². The molecular weight excluding hydrogens is 444 g/mol. The van der Waals surface area contributed by atoms with Crippen LogP contribution in [0.1, 0.15) is 65.6 Å². The molecule has 0 aromatic heterocycles. The van der Waals surface area contributed by atoms with Gasteiger partial charge < -0.3 is 15.0 Å². The number of nitrogens with one attached hydrogen (secondary N) is 2. The van der Waals surface area contributed by atoms with Gasteiger partial charge >= 0.3 is 0 Å². The fourth-order valence-electron chi connectivity index (χ4n) is 5.29. The zero-order chi connectivity index (χ0) is 24.4. The quantitative estimate of drug-likeness (QED) is 0.626. The summed E-state index contributed by atoms with van der Waals surface area (Å²) >= 11 is 0. The van der Waals surface area contributed by atoms with Crippen LogP contribution in [0.3, 0.4) is 0 Å². The van der Waals surface area contributed by atoms with Crippen molar-refractivity contribution in [3.63, 3.8) is 0 Å². The average Bonchev–Trinajstić information content (AvgIpc) is 3.19. The van der Waals surface area contributed by atoms with E-state index in [1.54, 1.807) is 11.0 Å². The lowest BCUT2D eigenvalue weighted by atomic mass is 9.92. The predicted molar refractivity (Wildman–Crippen MR) is 127 cm³/mol. The van der Waals surface area contributed by atoms with Crippen LogP contribution in [0.4, 0.5) is 0 Å². The SMILES string of the molecule is N#Cc1ccccc1CNC1CCCCC1Oc1ccc2c(c1)CN(C1CCC(=O)NC1=O)C2=O. The van der Waals surface area contributed by atoms with Gasteiger partial charge in [-0.25, -0.2) is 0 Å². The number of imide groups is 1. The Morgan fingerprint density at radius 1 is 1.09 bits per heavy atom. The number of carbonyl (C=O) groups is 3. The Hall–Kier alpha value is -3.70. The molecule has 2 aromatic carbocycles. The first kappa shape index (κ1) is 23.1. The summed E-state index contributed by atoms with van der Waals surface area (Å²) in [5, 5.41) is 15.3. The van der Waals surface area contributed by atoms with Crippen molar-refractivity contribution in [2.45, 2.75) is 69.8 Å². The van der Waals surface area contributed by atoms with Gasteiger partial charge in [0.25, 0.3) is 5.91 Å². The third kappa shape index (κ3) is 4.77. The highest BCUT2D eigenvalue weighted by molar-refractivity contribution is 6.05. The van der Waals surface area contributed by atoms with Crippen molar-refractivity contribution in [2.75, 3.05) is 0 Å². The molecule has 1 aliphatic carbocycles. The number of nitriles is 1. The standard InChI is InChI=1S/C27H28N4O4/c28-14-17-5-1-2-6-18(17)15-29-22-7-3-4-8-24(22)35-20-9-10-21-19(13-20)16-31(27(21)34)23-11-12-25(32)30-26(23)33/h1-2,5-6,9-10,13,22-24,29H,3-4,7-8,11-12,15-16H2,(H,30,32,33). The average molecular weight is 473 g/mol. The monoisotopic (exact) mass is 472 g/mol.